The number of phenolic OH excluding ortho intramolecular Hbond substituents is 1. The molecule has 14 heavy (non-hydrogen) atoms. The van der Waals surface area contributed by atoms with Crippen LogP contribution in [0.3, 0.4) is 0 Å². The summed E-state index contributed by atoms with van der Waals surface area (Å²) in [5.74, 6) is 1.01. The Morgan fingerprint density at radius 2 is 1.36 bits per heavy atom. The number of phenols is 1. The van der Waals surface area contributed by atoms with Crippen LogP contribution in [0.4, 0.5) is 0 Å². The number of hydrogen-bond acceptors (Lipinski definition) is 1. The Kier molecular flexibility index (Phi) is 3.20. The zero-order valence-corrected chi connectivity index (χ0v) is 9.33. The summed E-state index contributed by atoms with van der Waals surface area (Å²) in [6.45, 7) is 14.0. The molecule has 1 aromatic carbocycles. The smallest absolute Gasteiger partial charge is 0.122 e. The van der Waals surface area contributed by atoms with E-state index in [0.29, 0.717) is 17.6 Å². The molecule has 0 amide bonds. The van der Waals surface area contributed by atoms with Gasteiger partial charge in [0.05, 0.1) is 0 Å². The minimum Gasteiger partial charge on any atom is -0.507 e. The highest BCUT2D eigenvalue weighted by Crippen LogP contribution is 2.34. The van der Waals surface area contributed by atoms with Gasteiger partial charge in [-0.1, -0.05) is 39.8 Å². The van der Waals surface area contributed by atoms with Gasteiger partial charge < -0.3 is 5.11 Å². The molecule has 0 atom stereocenters. The fraction of sp³-hybridized carbons (Fsp3) is 0.462. The molecule has 1 nitrogen and oxygen atoms in total. The Hall–Kier alpha value is -0.980. The summed E-state index contributed by atoms with van der Waals surface area (Å²) in [7, 11) is 0. The molecule has 1 rings (SSSR count). The van der Waals surface area contributed by atoms with Crippen LogP contribution in [0.25, 0.3) is 0 Å². The van der Waals surface area contributed by atoms with Gasteiger partial charge in [0.15, 0.2) is 0 Å². The van der Waals surface area contributed by atoms with Gasteiger partial charge in [-0.05, 0) is 35.4 Å². The number of benzene rings is 1. The first-order valence-electron chi connectivity index (χ1n) is 5.05. The van der Waals surface area contributed by atoms with E-state index in [0.717, 1.165) is 16.7 Å². The first kappa shape index (κ1) is 11.1. The molecule has 76 valence electrons. The van der Waals surface area contributed by atoms with Gasteiger partial charge in [0.2, 0.25) is 0 Å². The molecule has 0 saturated heterocycles. The molecule has 1 heteroatoms. The van der Waals surface area contributed by atoms with Crippen molar-refractivity contribution in [3.8, 4) is 5.75 Å². The first-order valence-corrected chi connectivity index (χ1v) is 5.05. The monoisotopic (exact) mass is 190 g/mol. The summed E-state index contributed by atoms with van der Waals surface area (Å²) in [5.41, 5.74) is 2.61. The van der Waals surface area contributed by atoms with Crippen LogP contribution in [0.2, 0.25) is 0 Å². The predicted molar refractivity (Wildman–Crippen MR) is 59.7 cm³/mol. The summed E-state index contributed by atoms with van der Waals surface area (Å²) in [4.78, 5) is 0. The molecule has 0 spiro atoms. The number of rotatable bonds is 2. The van der Waals surface area contributed by atoms with E-state index in [1.165, 1.54) is 0 Å². The molecule has 2 radical (unpaired) electrons. The third-order valence-corrected chi connectivity index (χ3v) is 2.44. The van der Waals surface area contributed by atoms with E-state index in [4.69, 9.17) is 6.92 Å². The average molecular weight is 190 g/mol. The van der Waals surface area contributed by atoms with Gasteiger partial charge in [-0.15, -0.1) is 0 Å². The first-order chi connectivity index (χ1) is 6.43. The Morgan fingerprint density at radius 1 is 1.00 bits per heavy atom. The standard InChI is InChI=1S/C13H18O/c1-8(2)11-6-10(5)7-12(9(3)4)13(11)14/h5-9,14H,1-4H3. The SMILES string of the molecule is [CH]c1cc(C(C)C)c(O)c(C(C)C)c1. The van der Waals surface area contributed by atoms with Crippen molar-refractivity contribution in [1.82, 2.24) is 0 Å². The van der Waals surface area contributed by atoms with E-state index < -0.39 is 0 Å². The molecule has 0 bridgehead atoms. The zero-order valence-electron chi connectivity index (χ0n) is 9.33. The van der Waals surface area contributed by atoms with Crippen molar-refractivity contribution < 1.29 is 5.11 Å². The van der Waals surface area contributed by atoms with Crippen molar-refractivity contribution >= 4 is 0 Å². The molecule has 0 heterocycles. The van der Waals surface area contributed by atoms with Crippen molar-refractivity contribution in [2.45, 2.75) is 39.5 Å². The molecule has 1 aromatic rings. The van der Waals surface area contributed by atoms with Crippen molar-refractivity contribution in [3.05, 3.63) is 35.7 Å². The zero-order chi connectivity index (χ0) is 10.9. The van der Waals surface area contributed by atoms with Gasteiger partial charge in [-0.3, -0.25) is 0 Å². The molecule has 0 aromatic heterocycles. The van der Waals surface area contributed by atoms with Crippen LogP contribution in [0.15, 0.2) is 12.1 Å². The summed E-state index contributed by atoms with van der Waals surface area (Å²) < 4.78 is 0. The highest BCUT2D eigenvalue weighted by molar-refractivity contribution is 5.47. The second kappa shape index (κ2) is 4.04. The van der Waals surface area contributed by atoms with Crippen LogP contribution >= 0.6 is 0 Å². The maximum absolute atomic E-state index is 10.00. The molecular weight excluding hydrogens is 172 g/mol. The lowest BCUT2D eigenvalue weighted by Crippen LogP contribution is -1.96. The lowest BCUT2D eigenvalue weighted by molar-refractivity contribution is 0.454. The molecule has 0 fully saturated rings. The van der Waals surface area contributed by atoms with Gasteiger partial charge in [0.25, 0.3) is 0 Å². The summed E-state index contributed by atoms with van der Waals surface area (Å²) in [5, 5.41) is 10.00. The van der Waals surface area contributed by atoms with Crippen molar-refractivity contribution in [1.29, 1.82) is 0 Å². The molecule has 0 unspecified atom stereocenters. The Bertz CT molecular complexity index is 295. The van der Waals surface area contributed by atoms with E-state index in [1.807, 2.05) is 12.1 Å². The molecular formula is C13H18O. The van der Waals surface area contributed by atoms with E-state index >= 15 is 0 Å². The fourth-order valence-corrected chi connectivity index (χ4v) is 1.58. The Morgan fingerprint density at radius 3 is 1.64 bits per heavy atom. The topological polar surface area (TPSA) is 20.2 Å². The summed E-state index contributed by atoms with van der Waals surface area (Å²) in [6.07, 6.45) is 0. The second-order valence-corrected chi connectivity index (χ2v) is 4.36. The van der Waals surface area contributed by atoms with Gasteiger partial charge in [0.1, 0.15) is 5.75 Å². The van der Waals surface area contributed by atoms with Crippen molar-refractivity contribution in [3.63, 3.8) is 0 Å². The average Bonchev–Trinajstić information content (AvgIpc) is 2.07. The fourth-order valence-electron chi connectivity index (χ4n) is 1.58. The normalized spacial score (nSPS) is 11.4. The molecule has 0 aliphatic heterocycles. The predicted octanol–water partition coefficient (Wildman–Crippen LogP) is 3.70. The largest absolute Gasteiger partial charge is 0.507 e. The third-order valence-electron chi connectivity index (χ3n) is 2.44. The minimum absolute atomic E-state index is 0.302. The Balaban J connectivity index is 3.32. The maximum atomic E-state index is 10.00. The van der Waals surface area contributed by atoms with Crippen LogP contribution in [0.5, 0.6) is 5.75 Å². The van der Waals surface area contributed by atoms with Gasteiger partial charge >= 0.3 is 0 Å². The van der Waals surface area contributed by atoms with Crippen molar-refractivity contribution in [2.24, 2.45) is 0 Å². The number of hydrogen-bond donors (Lipinski definition) is 1. The van der Waals surface area contributed by atoms with Gasteiger partial charge in [0, 0.05) is 0 Å². The van der Waals surface area contributed by atoms with Crippen LogP contribution < -0.4 is 0 Å². The maximum Gasteiger partial charge on any atom is 0.122 e. The van der Waals surface area contributed by atoms with Crippen LogP contribution in [0.1, 0.15) is 56.2 Å². The highest BCUT2D eigenvalue weighted by Gasteiger charge is 2.13. The molecule has 0 aliphatic rings. The Labute approximate surface area is 86.8 Å². The molecule has 0 aliphatic carbocycles. The van der Waals surface area contributed by atoms with E-state index in [2.05, 4.69) is 27.7 Å². The van der Waals surface area contributed by atoms with Gasteiger partial charge in [-0.2, -0.15) is 0 Å². The van der Waals surface area contributed by atoms with Crippen molar-refractivity contribution in [2.75, 3.05) is 0 Å². The summed E-state index contributed by atoms with van der Waals surface area (Å²) >= 11 is 0. The third kappa shape index (κ3) is 2.09. The molecule has 0 saturated carbocycles. The quantitative estimate of drug-likeness (QED) is 0.754. The van der Waals surface area contributed by atoms with Gasteiger partial charge in [-0.25, -0.2) is 0 Å². The second-order valence-electron chi connectivity index (χ2n) is 4.36. The van der Waals surface area contributed by atoms with E-state index in [9.17, 15) is 5.11 Å². The molecule has 1 N–H and O–H groups in total. The number of aromatic hydroxyl groups is 1. The van der Waals surface area contributed by atoms with E-state index in [-0.39, 0.29) is 0 Å². The lowest BCUT2D eigenvalue weighted by atomic mass is 9.92. The summed E-state index contributed by atoms with van der Waals surface area (Å²) in [6, 6.07) is 3.71. The lowest BCUT2D eigenvalue weighted by Gasteiger charge is -2.16. The van der Waals surface area contributed by atoms with E-state index in [1.54, 1.807) is 0 Å². The van der Waals surface area contributed by atoms with Crippen LogP contribution in [-0.2, 0) is 0 Å². The van der Waals surface area contributed by atoms with Crippen LogP contribution in [0, 0.1) is 6.92 Å². The minimum atomic E-state index is 0.302. The van der Waals surface area contributed by atoms with Crippen LogP contribution in [-0.4, -0.2) is 5.11 Å². The highest BCUT2D eigenvalue weighted by atomic mass is 16.3.